The van der Waals surface area contributed by atoms with E-state index < -0.39 is 0 Å². The van der Waals surface area contributed by atoms with Crippen LogP contribution in [0.4, 0.5) is 0 Å². The van der Waals surface area contributed by atoms with Crippen LogP contribution < -0.4 is 5.32 Å². The first-order chi connectivity index (χ1) is 6.81. The van der Waals surface area contributed by atoms with Crippen molar-refractivity contribution in [2.75, 3.05) is 0 Å². The third-order valence-corrected chi connectivity index (χ3v) is 2.75. The van der Waals surface area contributed by atoms with Gasteiger partial charge in [0.1, 0.15) is 5.76 Å². The van der Waals surface area contributed by atoms with Crippen LogP contribution in [-0.4, -0.2) is 6.04 Å². The summed E-state index contributed by atoms with van der Waals surface area (Å²) in [6.07, 6.45) is 10.5. The zero-order chi connectivity index (χ0) is 9.97. The Hall–Kier alpha value is -1.20. The summed E-state index contributed by atoms with van der Waals surface area (Å²) >= 11 is 0. The number of furan rings is 1. The molecule has 2 atom stereocenters. The number of fused-ring (bicyclic) bond motifs is 1. The third kappa shape index (κ3) is 1.69. The van der Waals surface area contributed by atoms with Crippen molar-refractivity contribution in [2.24, 2.45) is 0 Å². The fraction of sp³-hybridized carbons (Fsp3) is 0.500. The average Bonchev–Trinajstić information content (AvgIpc) is 2.66. The Bertz CT molecular complexity index is 347. The van der Waals surface area contributed by atoms with Crippen LogP contribution in [0.3, 0.4) is 0 Å². The van der Waals surface area contributed by atoms with E-state index in [9.17, 15) is 0 Å². The zero-order valence-electron chi connectivity index (χ0n) is 8.42. The topological polar surface area (TPSA) is 25.2 Å². The van der Waals surface area contributed by atoms with Gasteiger partial charge in [-0.05, 0) is 25.8 Å². The van der Waals surface area contributed by atoms with Crippen molar-refractivity contribution in [3.05, 3.63) is 23.7 Å². The van der Waals surface area contributed by atoms with E-state index >= 15 is 0 Å². The van der Waals surface area contributed by atoms with Crippen molar-refractivity contribution >= 4 is 0 Å². The van der Waals surface area contributed by atoms with Crippen LogP contribution in [0.5, 0.6) is 0 Å². The van der Waals surface area contributed by atoms with E-state index in [2.05, 4.69) is 17.3 Å². The van der Waals surface area contributed by atoms with Gasteiger partial charge in [0.25, 0.3) is 0 Å². The molecule has 2 rings (SSSR count). The van der Waals surface area contributed by atoms with E-state index in [4.69, 9.17) is 10.8 Å². The third-order valence-electron chi connectivity index (χ3n) is 2.75. The zero-order valence-corrected chi connectivity index (χ0v) is 8.42. The van der Waals surface area contributed by atoms with Crippen LogP contribution in [0.1, 0.15) is 37.1 Å². The first-order valence-electron chi connectivity index (χ1n) is 5.09. The molecule has 0 fully saturated rings. The van der Waals surface area contributed by atoms with Gasteiger partial charge >= 0.3 is 0 Å². The molecule has 0 aliphatic heterocycles. The Kier molecular flexibility index (Phi) is 2.60. The molecule has 2 nitrogen and oxygen atoms in total. The minimum atomic E-state index is 0.126. The molecule has 1 aromatic rings. The molecule has 0 spiro atoms. The maximum atomic E-state index is 5.41. The van der Waals surface area contributed by atoms with Gasteiger partial charge in [0, 0.05) is 18.0 Å². The van der Waals surface area contributed by atoms with Crippen LogP contribution in [-0.2, 0) is 6.42 Å². The molecule has 0 bridgehead atoms. The van der Waals surface area contributed by atoms with Gasteiger partial charge in [-0.1, -0.05) is 5.92 Å². The number of hydrogen-bond donors (Lipinski definition) is 1. The SMILES string of the molecule is C#CC(C)NC1CCCc2occc21. The lowest BCUT2D eigenvalue weighted by Gasteiger charge is -2.24. The molecule has 1 aliphatic carbocycles. The quantitative estimate of drug-likeness (QED) is 0.722. The number of rotatable bonds is 2. The summed E-state index contributed by atoms with van der Waals surface area (Å²) in [7, 11) is 0. The number of aryl methyl sites for hydroxylation is 1. The first kappa shape index (κ1) is 9.36. The van der Waals surface area contributed by atoms with Crippen LogP contribution in [0.15, 0.2) is 16.7 Å². The summed E-state index contributed by atoms with van der Waals surface area (Å²) < 4.78 is 5.41. The minimum Gasteiger partial charge on any atom is -0.469 e. The highest BCUT2D eigenvalue weighted by Crippen LogP contribution is 2.30. The van der Waals surface area contributed by atoms with E-state index in [0.29, 0.717) is 6.04 Å². The molecule has 2 heteroatoms. The molecule has 74 valence electrons. The lowest BCUT2D eigenvalue weighted by molar-refractivity contribution is 0.403. The maximum absolute atomic E-state index is 5.41. The van der Waals surface area contributed by atoms with Crippen molar-refractivity contribution in [1.29, 1.82) is 0 Å². The number of terminal acetylenes is 1. The highest BCUT2D eigenvalue weighted by Gasteiger charge is 2.22. The van der Waals surface area contributed by atoms with Crippen molar-refractivity contribution in [1.82, 2.24) is 5.32 Å². The van der Waals surface area contributed by atoms with Crippen molar-refractivity contribution in [3.8, 4) is 12.3 Å². The van der Waals surface area contributed by atoms with Crippen molar-refractivity contribution in [3.63, 3.8) is 0 Å². The Morgan fingerprint density at radius 3 is 3.36 bits per heavy atom. The highest BCUT2D eigenvalue weighted by molar-refractivity contribution is 5.24. The largest absolute Gasteiger partial charge is 0.469 e. The van der Waals surface area contributed by atoms with Gasteiger partial charge in [0.05, 0.1) is 12.3 Å². The summed E-state index contributed by atoms with van der Waals surface area (Å²) in [5.74, 6) is 3.82. The highest BCUT2D eigenvalue weighted by atomic mass is 16.3. The number of hydrogen-bond acceptors (Lipinski definition) is 2. The van der Waals surface area contributed by atoms with Crippen LogP contribution >= 0.6 is 0 Å². The standard InChI is InChI=1S/C12H15NO/c1-3-9(2)13-11-5-4-6-12-10(11)7-8-14-12/h1,7-9,11,13H,4-6H2,2H3. The Morgan fingerprint density at radius 1 is 1.71 bits per heavy atom. The fourth-order valence-electron chi connectivity index (χ4n) is 2.01. The van der Waals surface area contributed by atoms with Gasteiger partial charge in [0.2, 0.25) is 0 Å². The lowest BCUT2D eigenvalue weighted by atomic mass is 9.93. The van der Waals surface area contributed by atoms with E-state index in [1.165, 1.54) is 12.0 Å². The van der Waals surface area contributed by atoms with Gasteiger partial charge in [-0.3, -0.25) is 5.32 Å². The monoisotopic (exact) mass is 189 g/mol. The number of nitrogens with one attached hydrogen (secondary N) is 1. The molecule has 14 heavy (non-hydrogen) atoms. The molecule has 0 saturated heterocycles. The Morgan fingerprint density at radius 2 is 2.57 bits per heavy atom. The Labute approximate surface area is 84.7 Å². The van der Waals surface area contributed by atoms with Gasteiger partial charge < -0.3 is 4.42 Å². The van der Waals surface area contributed by atoms with Gasteiger partial charge in [0.15, 0.2) is 0 Å². The minimum absolute atomic E-state index is 0.126. The van der Waals surface area contributed by atoms with E-state index in [1.807, 2.05) is 6.92 Å². The second kappa shape index (κ2) is 3.89. The molecule has 1 heterocycles. The van der Waals surface area contributed by atoms with Crippen LogP contribution in [0.25, 0.3) is 0 Å². The summed E-state index contributed by atoms with van der Waals surface area (Å²) in [5, 5.41) is 3.41. The van der Waals surface area contributed by atoms with Crippen molar-refractivity contribution < 1.29 is 4.42 Å². The molecule has 0 saturated carbocycles. The van der Waals surface area contributed by atoms with Crippen LogP contribution in [0, 0.1) is 12.3 Å². The second-order valence-electron chi connectivity index (χ2n) is 3.80. The van der Waals surface area contributed by atoms with Crippen molar-refractivity contribution in [2.45, 2.75) is 38.3 Å². The smallest absolute Gasteiger partial charge is 0.108 e. The summed E-state index contributed by atoms with van der Waals surface area (Å²) in [6, 6.07) is 2.56. The molecule has 2 unspecified atom stereocenters. The van der Waals surface area contributed by atoms with E-state index in [1.54, 1.807) is 6.26 Å². The Balaban J connectivity index is 2.13. The van der Waals surface area contributed by atoms with E-state index in [0.717, 1.165) is 18.6 Å². The normalized spacial score (nSPS) is 22.4. The molecule has 0 aromatic carbocycles. The predicted octanol–water partition coefficient (Wildman–Crippen LogP) is 2.27. The van der Waals surface area contributed by atoms with Gasteiger partial charge in [-0.15, -0.1) is 6.42 Å². The second-order valence-corrected chi connectivity index (χ2v) is 3.80. The summed E-state index contributed by atoms with van der Waals surface area (Å²) in [4.78, 5) is 0. The molecule has 1 N–H and O–H groups in total. The summed E-state index contributed by atoms with van der Waals surface area (Å²) in [6.45, 7) is 2.01. The molecule has 1 aliphatic rings. The fourth-order valence-corrected chi connectivity index (χ4v) is 2.01. The van der Waals surface area contributed by atoms with Gasteiger partial charge in [-0.25, -0.2) is 0 Å². The molecular weight excluding hydrogens is 174 g/mol. The van der Waals surface area contributed by atoms with Crippen LogP contribution in [0.2, 0.25) is 0 Å². The summed E-state index contributed by atoms with van der Waals surface area (Å²) in [5.41, 5.74) is 1.29. The first-order valence-corrected chi connectivity index (χ1v) is 5.09. The van der Waals surface area contributed by atoms with E-state index in [-0.39, 0.29) is 6.04 Å². The molecule has 0 amide bonds. The predicted molar refractivity (Wildman–Crippen MR) is 55.8 cm³/mol. The molecule has 1 aromatic heterocycles. The molecule has 0 radical (unpaired) electrons. The lowest BCUT2D eigenvalue weighted by Crippen LogP contribution is -2.31. The van der Waals surface area contributed by atoms with Gasteiger partial charge in [-0.2, -0.15) is 0 Å². The maximum Gasteiger partial charge on any atom is 0.108 e. The molecular formula is C12H15NO. The average molecular weight is 189 g/mol.